The molecule has 0 radical (unpaired) electrons. The van der Waals surface area contributed by atoms with E-state index in [4.69, 9.17) is 5.11 Å². The Labute approximate surface area is 107 Å². The smallest absolute Gasteiger partial charge is 0.282 e. The summed E-state index contributed by atoms with van der Waals surface area (Å²) < 4.78 is 52.0. The van der Waals surface area contributed by atoms with E-state index in [-0.39, 0.29) is 5.69 Å². The van der Waals surface area contributed by atoms with E-state index in [0.717, 1.165) is 30.5 Å². The average molecular weight is 286 g/mol. The molecule has 0 atom stereocenters. The Kier molecular flexibility index (Phi) is 3.34. The lowest BCUT2D eigenvalue weighted by Gasteiger charge is -2.08. The first-order valence-corrected chi connectivity index (χ1v) is 6.50. The van der Waals surface area contributed by atoms with E-state index in [9.17, 15) is 17.2 Å². The third kappa shape index (κ3) is 2.79. The predicted molar refractivity (Wildman–Crippen MR) is 63.1 cm³/mol. The molecule has 19 heavy (non-hydrogen) atoms. The van der Waals surface area contributed by atoms with Gasteiger partial charge in [0.25, 0.3) is 10.0 Å². The van der Waals surface area contributed by atoms with Gasteiger partial charge >= 0.3 is 0 Å². The van der Waals surface area contributed by atoms with E-state index in [0.29, 0.717) is 0 Å². The van der Waals surface area contributed by atoms with Crippen molar-refractivity contribution >= 4 is 15.7 Å². The first-order valence-electron chi connectivity index (χ1n) is 5.02. The molecule has 100 valence electrons. The van der Waals surface area contributed by atoms with Crippen molar-refractivity contribution in [3.8, 4) is 5.75 Å². The zero-order valence-electron chi connectivity index (χ0n) is 9.34. The Bertz CT molecular complexity index is 720. The highest BCUT2D eigenvalue weighted by molar-refractivity contribution is 7.92. The van der Waals surface area contributed by atoms with Gasteiger partial charge < -0.3 is 5.11 Å². The number of rotatable bonds is 3. The number of aromatic nitrogens is 1. The van der Waals surface area contributed by atoms with Gasteiger partial charge in [-0.15, -0.1) is 0 Å². The second-order valence-corrected chi connectivity index (χ2v) is 5.16. The topological polar surface area (TPSA) is 79.3 Å². The third-order valence-electron chi connectivity index (χ3n) is 2.18. The normalized spacial score (nSPS) is 11.3. The highest BCUT2D eigenvalue weighted by atomic mass is 32.2. The van der Waals surface area contributed by atoms with Crippen LogP contribution in [0.5, 0.6) is 5.75 Å². The van der Waals surface area contributed by atoms with Crippen LogP contribution in [-0.2, 0) is 10.0 Å². The van der Waals surface area contributed by atoms with E-state index in [1.807, 2.05) is 4.72 Å². The van der Waals surface area contributed by atoms with Gasteiger partial charge in [-0.2, -0.15) is 8.42 Å². The fourth-order valence-corrected chi connectivity index (χ4v) is 2.40. The number of phenols is 1. The minimum atomic E-state index is -4.26. The Morgan fingerprint density at radius 3 is 2.53 bits per heavy atom. The molecule has 0 spiro atoms. The summed E-state index contributed by atoms with van der Waals surface area (Å²) >= 11 is 0. The number of aromatic hydroxyl groups is 1. The highest BCUT2D eigenvalue weighted by Gasteiger charge is 2.20. The summed E-state index contributed by atoms with van der Waals surface area (Å²) in [5, 5.41) is 8.19. The number of anilines is 1. The summed E-state index contributed by atoms with van der Waals surface area (Å²) in [7, 11) is -4.26. The van der Waals surface area contributed by atoms with Crippen LogP contribution in [0.2, 0.25) is 0 Å². The number of hydrogen-bond donors (Lipinski definition) is 2. The molecular weight excluding hydrogens is 278 g/mol. The van der Waals surface area contributed by atoms with Crippen LogP contribution in [0, 0.1) is 11.6 Å². The summed E-state index contributed by atoms with van der Waals surface area (Å²) in [4.78, 5) is 3.42. The number of hydrogen-bond acceptors (Lipinski definition) is 4. The maximum atomic E-state index is 13.3. The molecule has 2 rings (SSSR count). The number of pyridine rings is 1. The van der Waals surface area contributed by atoms with Crippen LogP contribution < -0.4 is 4.72 Å². The van der Waals surface area contributed by atoms with E-state index in [1.54, 1.807) is 0 Å². The van der Waals surface area contributed by atoms with Crippen molar-refractivity contribution in [2.24, 2.45) is 0 Å². The highest BCUT2D eigenvalue weighted by Crippen LogP contribution is 2.22. The number of nitrogens with zero attached hydrogens (tertiary/aromatic N) is 1. The molecule has 1 aromatic heterocycles. The minimum absolute atomic E-state index is 0.152. The molecule has 0 amide bonds. The standard InChI is InChI=1S/C11H8F2N2O3S/c12-8-2-1-5-14-11(8)19(17,18)15-7-3-4-10(16)9(13)6-7/h1-6,15-16H. The van der Waals surface area contributed by atoms with E-state index in [2.05, 4.69) is 4.98 Å². The molecule has 0 aliphatic carbocycles. The van der Waals surface area contributed by atoms with Crippen LogP contribution in [0.3, 0.4) is 0 Å². The molecular formula is C11H8F2N2O3S. The molecule has 0 saturated carbocycles. The van der Waals surface area contributed by atoms with Crippen molar-refractivity contribution in [1.29, 1.82) is 0 Å². The van der Waals surface area contributed by atoms with Gasteiger partial charge in [0, 0.05) is 12.3 Å². The van der Waals surface area contributed by atoms with Crippen LogP contribution in [0.15, 0.2) is 41.6 Å². The van der Waals surface area contributed by atoms with Crippen molar-refractivity contribution in [1.82, 2.24) is 4.98 Å². The van der Waals surface area contributed by atoms with Crippen molar-refractivity contribution in [2.75, 3.05) is 4.72 Å². The number of benzene rings is 1. The van der Waals surface area contributed by atoms with Gasteiger partial charge in [-0.25, -0.2) is 13.8 Å². The fraction of sp³-hybridized carbons (Fsp3) is 0. The van der Waals surface area contributed by atoms with Crippen molar-refractivity contribution < 1.29 is 22.3 Å². The summed E-state index contributed by atoms with van der Waals surface area (Å²) in [6, 6.07) is 5.07. The van der Waals surface area contributed by atoms with Gasteiger partial charge in [-0.3, -0.25) is 4.72 Å². The summed E-state index contributed by atoms with van der Waals surface area (Å²) in [5.74, 6) is -2.64. The average Bonchev–Trinajstić information content (AvgIpc) is 2.34. The van der Waals surface area contributed by atoms with Crippen molar-refractivity contribution in [3.05, 3.63) is 48.2 Å². The molecule has 0 aliphatic heterocycles. The molecule has 2 N–H and O–H groups in total. The van der Waals surface area contributed by atoms with Crippen LogP contribution in [0.25, 0.3) is 0 Å². The molecule has 2 aromatic rings. The van der Waals surface area contributed by atoms with Crippen LogP contribution in [0.1, 0.15) is 0 Å². The summed E-state index contributed by atoms with van der Waals surface area (Å²) in [6.45, 7) is 0. The van der Waals surface area contributed by atoms with Crippen LogP contribution in [-0.4, -0.2) is 18.5 Å². The molecule has 0 unspecified atom stereocenters. The van der Waals surface area contributed by atoms with E-state index < -0.39 is 32.4 Å². The number of nitrogens with one attached hydrogen (secondary N) is 1. The molecule has 0 aliphatic rings. The van der Waals surface area contributed by atoms with Crippen LogP contribution in [0.4, 0.5) is 14.5 Å². The fourth-order valence-electron chi connectivity index (χ4n) is 1.34. The SMILES string of the molecule is O=S(=O)(Nc1ccc(O)c(F)c1)c1ncccc1F. The number of phenolic OH excluding ortho intramolecular Hbond substituents is 1. The second kappa shape index (κ2) is 4.81. The lowest BCUT2D eigenvalue weighted by atomic mass is 10.3. The summed E-state index contributed by atoms with van der Waals surface area (Å²) in [5.41, 5.74) is -0.152. The van der Waals surface area contributed by atoms with Gasteiger partial charge in [-0.1, -0.05) is 0 Å². The number of sulfonamides is 1. The largest absolute Gasteiger partial charge is 0.505 e. The van der Waals surface area contributed by atoms with Gasteiger partial charge in [0.2, 0.25) is 5.03 Å². The van der Waals surface area contributed by atoms with Crippen LogP contribution >= 0.6 is 0 Å². The van der Waals surface area contributed by atoms with Crippen molar-refractivity contribution in [2.45, 2.75) is 5.03 Å². The molecule has 0 saturated heterocycles. The predicted octanol–water partition coefficient (Wildman–Crippen LogP) is 1.87. The summed E-state index contributed by atoms with van der Waals surface area (Å²) in [6.07, 6.45) is 1.12. The maximum Gasteiger partial charge on any atom is 0.282 e. The molecule has 1 aromatic carbocycles. The Hall–Kier alpha value is -2.22. The Morgan fingerprint density at radius 1 is 1.16 bits per heavy atom. The Morgan fingerprint density at radius 2 is 1.89 bits per heavy atom. The van der Waals surface area contributed by atoms with E-state index in [1.165, 1.54) is 6.07 Å². The Balaban J connectivity index is 2.37. The molecule has 5 nitrogen and oxygen atoms in total. The minimum Gasteiger partial charge on any atom is -0.505 e. The maximum absolute atomic E-state index is 13.3. The molecule has 8 heteroatoms. The zero-order valence-corrected chi connectivity index (χ0v) is 10.2. The molecule has 1 heterocycles. The van der Waals surface area contributed by atoms with Gasteiger partial charge in [0.15, 0.2) is 17.4 Å². The lowest BCUT2D eigenvalue weighted by molar-refractivity contribution is 0.432. The second-order valence-electron chi connectivity index (χ2n) is 3.56. The van der Waals surface area contributed by atoms with Crippen molar-refractivity contribution in [3.63, 3.8) is 0 Å². The molecule has 0 bridgehead atoms. The quantitative estimate of drug-likeness (QED) is 0.844. The van der Waals surface area contributed by atoms with Gasteiger partial charge in [0.1, 0.15) is 0 Å². The lowest BCUT2D eigenvalue weighted by Crippen LogP contribution is -2.16. The number of halogens is 2. The monoisotopic (exact) mass is 286 g/mol. The third-order valence-corrected chi connectivity index (χ3v) is 3.49. The van der Waals surface area contributed by atoms with Gasteiger partial charge in [0.05, 0.1) is 5.69 Å². The first-order chi connectivity index (χ1) is 8.90. The molecule has 0 fully saturated rings. The van der Waals surface area contributed by atoms with Gasteiger partial charge in [-0.05, 0) is 24.3 Å². The zero-order chi connectivity index (χ0) is 14.0. The van der Waals surface area contributed by atoms with E-state index >= 15 is 0 Å². The first kappa shape index (κ1) is 13.2.